The van der Waals surface area contributed by atoms with Gasteiger partial charge in [-0.2, -0.15) is 0 Å². The Bertz CT molecular complexity index is 1400. The smallest absolute Gasteiger partial charge is 0.146 e. The van der Waals surface area contributed by atoms with Crippen LogP contribution in [0.3, 0.4) is 0 Å². The van der Waals surface area contributed by atoms with Gasteiger partial charge in [0.2, 0.25) is 0 Å². The van der Waals surface area contributed by atoms with Crippen molar-refractivity contribution in [1.29, 1.82) is 0 Å². The van der Waals surface area contributed by atoms with Crippen LogP contribution in [-0.4, -0.2) is 19.5 Å². The number of aryl methyl sites for hydroxylation is 2. The van der Waals surface area contributed by atoms with Crippen LogP contribution in [0.5, 0.6) is 5.75 Å². The summed E-state index contributed by atoms with van der Waals surface area (Å²) in [6.07, 6.45) is 7.23. The van der Waals surface area contributed by atoms with Gasteiger partial charge in [-0.25, -0.2) is 9.97 Å². The quantitative estimate of drug-likeness (QED) is 0.269. The van der Waals surface area contributed by atoms with Crippen molar-refractivity contribution in [3.63, 3.8) is 0 Å². The lowest BCUT2D eigenvalue weighted by Crippen LogP contribution is -2.01. The number of imidazole rings is 1. The standard InChI is InChI=1S/C24H19ClN4OS2/c1-15-11-17(24-27-8-9-29(24)2)16-5-3-6-20(23(16)28-15)30-14-18-19(25)12-26-13-21(18)32-22-7-4-10-31-22/h3-13H,14H2,1-2H3. The average Bonchev–Trinajstić information content (AvgIpc) is 3.44. The Labute approximate surface area is 199 Å². The van der Waals surface area contributed by atoms with Gasteiger partial charge in [-0.05, 0) is 30.5 Å². The molecule has 160 valence electrons. The molecular formula is C24H19ClN4OS2. The molecule has 0 aliphatic rings. The Morgan fingerprint density at radius 2 is 2.09 bits per heavy atom. The fourth-order valence-corrected chi connectivity index (χ4v) is 5.64. The first-order chi connectivity index (χ1) is 15.6. The van der Waals surface area contributed by atoms with E-state index >= 15 is 0 Å². The number of hydrogen-bond acceptors (Lipinski definition) is 6. The maximum Gasteiger partial charge on any atom is 0.146 e. The average molecular weight is 479 g/mol. The van der Waals surface area contributed by atoms with Crippen molar-refractivity contribution >= 4 is 45.6 Å². The Morgan fingerprint density at radius 3 is 2.88 bits per heavy atom. The molecule has 0 spiro atoms. The number of pyridine rings is 2. The molecule has 0 bridgehead atoms. The molecule has 5 aromatic rings. The molecule has 8 heteroatoms. The molecule has 32 heavy (non-hydrogen) atoms. The highest BCUT2D eigenvalue weighted by Gasteiger charge is 2.15. The lowest BCUT2D eigenvalue weighted by Gasteiger charge is -2.14. The molecule has 5 rings (SSSR count). The fourth-order valence-electron chi connectivity index (χ4n) is 3.53. The second-order valence-electron chi connectivity index (χ2n) is 7.25. The van der Waals surface area contributed by atoms with Crippen molar-refractivity contribution in [2.45, 2.75) is 22.6 Å². The number of benzene rings is 1. The number of hydrogen-bond donors (Lipinski definition) is 0. The molecule has 0 aliphatic heterocycles. The highest BCUT2D eigenvalue weighted by molar-refractivity contribution is 8.01. The Kier molecular flexibility index (Phi) is 5.87. The van der Waals surface area contributed by atoms with Crippen molar-refractivity contribution < 1.29 is 4.74 Å². The van der Waals surface area contributed by atoms with E-state index in [2.05, 4.69) is 33.5 Å². The maximum atomic E-state index is 6.51. The lowest BCUT2D eigenvalue weighted by molar-refractivity contribution is 0.306. The largest absolute Gasteiger partial charge is 0.487 e. The van der Waals surface area contributed by atoms with E-state index in [1.165, 1.54) is 4.21 Å². The predicted molar refractivity (Wildman–Crippen MR) is 131 cm³/mol. The second-order valence-corrected chi connectivity index (χ2v) is 9.94. The third kappa shape index (κ3) is 4.11. The van der Waals surface area contributed by atoms with Crippen LogP contribution < -0.4 is 4.74 Å². The van der Waals surface area contributed by atoms with Gasteiger partial charge >= 0.3 is 0 Å². The number of halogens is 1. The second kappa shape index (κ2) is 8.94. The third-order valence-electron chi connectivity index (χ3n) is 5.04. The number of nitrogens with zero attached hydrogens (tertiary/aromatic N) is 4. The summed E-state index contributed by atoms with van der Waals surface area (Å²) in [6, 6.07) is 12.1. The van der Waals surface area contributed by atoms with E-state index in [-0.39, 0.29) is 0 Å². The number of aromatic nitrogens is 4. The first-order valence-corrected chi connectivity index (χ1v) is 12.0. The van der Waals surface area contributed by atoms with Crippen LogP contribution >= 0.6 is 34.7 Å². The highest BCUT2D eigenvalue weighted by Crippen LogP contribution is 2.37. The minimum atomic E-state index is 0.321. The molecule has 0 saturated carbocycles. The van der Waals surface area contributed by atoms with Gasteiger partial charge in [-0.15, -0.1) is 11.3 Å². The van der Waals surface area contributed by atoms with Crippen LogP contribution in [0.25, 0.3) is 22.3 Å². The molecular weight excluding hydrogens is 460 g/mol. The lowest BCUT2D eigenvalue weighted by atomic mass is 10.1. The maximum absolute atomic E-state index is 6.51. The van der Waals surface area contributed by atoms with E-state index in [1.807, 2.05) is 49.1 Å². The minimum absolute atomic E-state index is 0.321. The van der Waals surface area contributed by atoms with Gasteiger partial charge < -0.3 is 9.30 Å². The molecule has 1 aromatic carbocycles. The molecule has 0 radical (unpaired) electrons. The van der Waals surface area contributed by atoms with Gasteiger partial charge in [0.1, 0.15) is 23.7 Å². The van der Waals surface area contributed by atoms with Crippen molar-refractivity contribution in [1.82, 2.24) is 19.5 Å². The molecule has 0 fully saturated rings. The number of thiophene rings is 1. The summed E-state index contributed by atoms with van der Waals surface area (Å²) in [5.41, 5.74) is 3.65. The van der Waals surface area contributed by atoms with Crippen LogP contribution in [0.1, 0.15) is 11.3 Å². The van der Waals surface area contributed by atoms with Crippen LogP contribution in [0.2, 0.25) is 5.02 Å². The Balaban J connectivity index is 1.51. The highest BCUT2D eigenvalue weighted by atomic mass is 35.5. The summed E-state index contributed by atoms with van der Waals surface area (Å²) in [4.78, 5) is 14.6. The van der Waals surface area contributed by atoms with Gasteiger partial charge in [0.25, 0.3) is 0 Å². The minimum Gasteiger partial charge on any atom is -0.487 e. The monoisotopic (exact) mass is 478 g/mol. The number of ether oxygens (including phenoxy) is 1. The number of fused-ring (bicyclic) bond motifs is 1. The van der Waals surface area contributed by atoms with Crippen LogP contribution in [0.4, 0.5) is 0 Å². The van der Waals surface area contributed by atoms with Crippen LogP contribution in [0.15, 0.2) is 75.7 Å². The van der Waals surface area contributed by atoms with Gasteiger partial charge in [-0.1, -0.05) is 41.6 Å². The molecule has 0 saturated heterocycles. The molecule has 0 unspecified atom stereocenters. The van der Waals surface area contributed by atoms with E-state index in [0.29, 0.717) is 17.4 Å². The zero-order valence-electron chi connectivity index (χ0n) is 17.4. The Morgan fingerprint density at radius 1 is 1.19 bits per heavy atom. The summed E-state index contributed by atoms with van der Waals surface area (Å²) in [5, 5.41) is 3.64. The van der Waals surface area contributed by atoms with Gasteiger partial charge in [0.15, 0.2) is 0 Å². The summed E-state index contributed by atoms with van der Waals surface area (Å²) >= 11 is 9.84. The first-order valence-electron chi connectivity index (χ1n) is 9.95. The van der Waals surface area contributed by atoms with Gasteiger partial charge in [0, 0.05) is 58.9 Å². The zero-order chi connectivity index (χ0) is 22.1. The fraction of sp³-hybridized carbons (Fsp3) is 0.125. The van der Waals surface area contributed by atoms with Gasteiger partial charge in [-0.3, -0.25) is 4.98 Å². The zero-order valence-corrected chi connectivity index (χ0v) is 19.8. The number of rotatable bonds is 6. The molecule has 0 amide bonds. The van der Waals surface area contributed by atoms with Crippen molar-refractivity contribution in [2.24, 2.45) is 7.05 Å². The van der Waals surface area contributed by atoms with Gasteiger partial charge in [0.05, 0.1) is 9.23 Å². The molecule has 0 N–H and O–H groups in total. The van der Waals surface area contributed by atoms with E-state index < -0.39 is 0 Å². The normalized spacial score (nSPS) is 11.2. The number of para-hydroxylation sites is 1. The topological polar surface area (TPSA) is 52.8 Å². The van der Waals surface area contributed by atoms with E-state index in [4.69, 9.17) is 21.3 Å². The SMILES string of the molecule is Cc1cc(-c2nccn2C)c2cccc(OCc3c(Cl)cncc3Sc3cccs3)c2n1. The van der Waals surface area contributed by atoms with Crippen LogP contribution in [0, 0.1) is 6.92 Å². The third-order valence-corrected chi connectivity index (χ3v) is 7.47. The Hall–Kier alpha value is -2.87. The van der Waals surface area contributed by atoms with Crippen molar-refractivity contribution in [3.8, 4) is 17.1 Å². The van der Waals surface area contributed by atoms with E-state index in [0.717, 1.165) is 38.4 Å². The first kappa shape index (κ1) is 21.0. The van der Waals surface area contributed by atoms with E-state index in [9.17, 15) is 0 Å². The predicted octanol–water partition coefficient (Wildman–Crippen LogP) is 6.78. The van der Waals surface area contributed by atoms with Crippen LogP contribution in [-0.2, 0) is 13.7 Å². The van der Waals surface area contributed by atoms with Crippen molar-refractivity contribution in [2.75, 3.05) is 0 Å². The van der Waals surface area contributed by atoms with Crippen molar-refractivity contribution in [3.05, 3.63) is 82.8 Å². The molecule has 0 atom stereocenters. The molecule has 5 nitrogen and oxygen atoms in total. The van der Waals surface area contributed by atoms with E-state index in [1.54, 1.807) is 35.5 Å². The summed E-state index contributed by atoms with van der Waals surface area (Å²) in [7, 11) is 1.99. The summed E-state index contributed by atoms with van der Waals surface area (Å²) in [6.45, 7) is 2.31. The molecule has 4 heterocycles. The molecule has 0 aliphatic carbocycles. The molecule has 4 aromatic heterocycles. The summed E-state index contributed by atoms with van der Waals surface area (Å²) < 4.78 is 9.48. The summed E-state index contributed by atoms with van der Waals surface area (Å²) in [5.74, 6) is 1.60.